The van der Waals surface area contributed by atoms with E-state index in [2.05, 4.69) is 4.74 Å². The maximum Gasteiger partial charge on any atom is 0.573 e. The third-order valence-corrected chi connectivity index (χ3v) is 3.25. The summed E-state index contributed by atoms with van der Waals surface area (Å²) in [5.74, 6) is 0.764. The molecule has 2 aromatic rings. The third-order valence-electron chi connectivity index (χ3n) is 3.25. The van der Waals surface area contributed by atoms with E-state index in [4.69, 9.17) is 15.2 Å². The van der Waals surface area contributed by atoms with Gasteiger partial charge in [-0.1, -0.05) is 18.2 Å². The maximum atomic E-state index is 12.2. The molecule has 24 heavy (non-hydrogen) atoms. The van der Waals surface area contributed by atoms with Crippen molar-refractivity contribution in [2.75, 3.05) is 14.2 Å². The first-order valence-electron chi connectivity index (χ1n) is 6.68. The summed E-state index contributed by atoms with van der Waals surface area (Å²) in [6.07, 6.45) is -4.73. The zero-order chi connectivity index (χ0) is 17.0. The van der Waals surface area contributed by atoms with Gasteiger partial charge in [0, 0.05) is 0 Å². The fourth-order valence-corrected chi connectivity index (χ4v) is 2.23. The molecule has 0 aromatic heterocycles. The number of alkyl halides is 3. The van der Waals surface area contributed by atoms with E-state index in [0.717, 1.165) is 0 Å². The van der Waals surface area contributed by atoms with Crippen LogP contribution in [-0.2, 0) is 0 Å². The maximum absolute atomic E-state index is 12.2. The van der Waals surface area contributed by atoms with Gasteiger partial charge >= 0.3 is 6.36 Å². The molecule has 0 aliphatic rings. The van der Waals surface area contributed by atoms with E-state index in [1.165, 1.54) is 38.5 Å². The van der Waals surface area contributed by atoms with Crippen molar-refractivity contribution in [1.29, 1.82) is 0 Å². The average molecular weight is 364 g/mol. The molecule has 2 rings (SSSR count). The van der Waals surface area contributed by atoms with Crippen LogP contribution < -0.4 is 19.9 Å². The van der Waals surface area contributed by atoms with Crippen molar-refractivity contribution in [2.24, 2.45) is 5.73 Å². The summed E-state index contributed by atoms with van der Waals surface area (Å²) in [6, 6.07) is 9.97. The summed E-state index contributed by atoms with van der Waals surface area (Å²) in [5.41, 5.74) is 7.44. The van der Waals surface area contributed by atoms with Crippen LogP contribution in [0.1, 0.15) is 17.2 Å². The quantitative estimate of drug-likeness (QED) is 0.870. The van der Waals surface area contributed by atoms with Crippen molar-refractivity contribution in [3.05, 3.63) is 53.6 Å². The number of halogens is 4. The van der Waals surface area contributed by atoms with E-state index in [1.54, 1.807) is 18.2 Å². The molecule has 0 aliphatic carbocycles. The van der Waals surface area contributed by atoms with Crippen LogP contribution in [0.3, 0.4) is 0 Å². The summed E-state index contributed by atoms with van der Waals surface area (Å²) in [5, 5.41) is 0. The van der Waals surface area contributed by atoms with Gasteiger partial charge in [-0.25, -0.2) is 0 Å². The van der Waals surface area contributed by atoms with Crippen molar-refractivity contribution in [2.45, 2.75) is 12.4 Å². The van der Waals surface area contributed by atoms with Gasteiger partial charge in [-0.3, -0.25) is 0 Å². The van der Waals surface area contributed by atoms with E-state index in [9.17, 15) is 13.2 Å². The summed E-state index contributed by atoms with van der Waals surface area (Å²) < 4.78 is 51.0. The summed E-state index contributed by atoms with van der Waals surface area (Å²) in [4.78, 5) is 0. The van der Waals surface area contributed by atoms with Crippen molar-refractivity contribution in [1.82, 2.24) is 0 Å². The number of methoxy groups -OCH3 is 2. The lowest BCUT2D eigenvalue weighted by Gasteiger charge is -2.19. The number of ether oxygens (including phenoxy) is 3. The molecular formula is C16H17ClF3NO3. The Balaban J connectivity index is 0.00000288. The van der Waals surface area contributed by atoms with Crippen LogP contribution in [-0.4, -0.2) is 20.6 Å². The lowest BCUT2D eigenvalue weighted by molar-refractivity contribution is -0.274. The largest absolute Gasteiger partial charge is 0.573 e. The molecule has 0 amide bonds. The van der Waals surface area contributed by atoms with Gasteiger partial charge in [0.1, 0.15) is 17.2 Å². The van der Waals surface area contributed by atoms with Gasteiger partial charge in [0.15, 0.2) is 0 Å². The van der Waals surface area contributed by atoms with Crippen LogP contribution in [0.5, 0.6) is 17.2 Å². The molecule has 0 spiro atoms. The van der Waals surface area contributed by atoms with Crippen molar-refractivity contribution in [3.8, 4) is 17.2 Å². The van der Waals surface area contributed by atoms with Gasteiger partial charge < -0.3 is 19.9 Å². The predicted octanol–water partition coefficient (Wildman–Crippen LogP) is 4.07. The molecule has 2 aromatic carbocycles. The minimum atomic E-state index is -4.73. The van der Waals surface area contributed by atoms with Gasteiger partial charge in [0.05, 0.1) is 25.8 Å². The summed E-state index contributed by atoms with van der Waals surface area (Å²) >= 11 is 0. The molecule has 0 radical (unpaired) electrons. The topological polar surface area (TPSA) is 53.7 Å². The smallest absolute Gasteiger partial charge is 0.496 e. The lowest BCUT2D eigenvalue weighted by Crippen LogP contribution is -2.17. The Kier molecular flexibility index (Phi) is 6.74. The molecule has 1 atom stereocenters. The zero-order valence-electron chi connectivity index (χ0n) is 13.0. The van der Waals surface area contributed by atoms with Crippen LogP contribution >= 0.6 is 12.4 Å². The highest BCUT2D eigenvalue weighted by Gasteiger charge is 2.31. The number of hydrogen-bond acceptors (Lipinski definition) is 4. The minimum Gasteiger partial charge on any atom is -0.496 e. The Hall–Kier alpha value is -2.12. The highest BCUT2D eigenvalue weighted by atomic mass is 35.5. The molecule has 0 saturated carbocycles. The van der Waals surface area contributed by atoms with Gasteiger partial charge in [-0.05, 0) is 29.8 Å². The summed E-state index contributed by atoms with van der Waals surface area (Å²) in [6.45, 7) is 0. The Morgan fingerprint density at radius 2 is 1.42 bits per heavy atom. The number of rotatable bonds is 5. The Morgan fingerprint density at radius 3 is 1.83 bits per heavy atom. The molecule has 4 nitrogen and oxygen atoms in total. The van der Waals surface area contributed by atoms with E-state index < -0.39 is 12.4 Å². The Labute approximate surface area is 143 Å². The SMILES string of the molecule is COc1cccc(OC)c1[C@H](N)c1ccc(OC(F)(F)F)cc1.Cl. The monoisotopic (exact) mass is 363 g/mol. The van der Waals surface area contributed by atoms with Gasteiger partial charge in [-0.15, -0.1) is 25.6 Å². The minimum absolute atomic E-state index is 0. The molecule has 0 unspecified atom stereocenters. The molecule has 0 heterocycles. The Morgan fingerprint density at radius 1 is 0.917 bits per heavy atom. The first-order valence-corrected chi connectivity index (χ1v) is 6.68. The molecule has 0 bridgehead atoms. The van der Waals surface area contributed by atoms with Crippen molar-refractivity contribution < 1.29 is 27.4 Å². The third kappa shape index (κ3) is 4.69. The molecule has 8 heteroatoms. The first-order chi connectivity index (χ1) is 10.9. The van der Waals surface area contributed by atoms with E-state index in [1.807, 2.05) is 0 Å². The fraction of sp³-hybridized carbons (Fsp3) is 0.250. The van der Waals surface area contributed by atoms with Gasteiger partial charge in [-0.2, -0.15) is 0 Å². The normalized spacial score (nSPS) is 12.1. The van der Waals surface area contributed by atoms with Crippen LogP contribution in [0.4, 0.5) is 13.2 Å². The second kappa shape index (κ2) is 8.12. The Bertz CT molecular complexity index is 640. The van der Waals surface area contributed by atoms with E-state index in [0.29, 0.717) is 22.6 Å². The fourth-order valence-electron chi connectivity index (χ4n) is 2.23. The van der Waals surface area contributed by atoms with Gasteiger partial charge in [0.2, 0.25) is 0 Å². The van der Waals surface area contributed by atoms with Crippen LogP contribution in [0.2, 0.25) is 0 Å². The number of nitrogens with two attached hydrogens (primary N) is 1. The number of benzene rings is 2. The highest BCUT2D eigenvalue weighted by molar-refractivity contribution is 5.85. The molecular weight excluding hydrogens is 347 g/mol. The van der Waals surface area contributed by atoms with Crippen LogP contribution in [0.25, 0.3) is 0 Å². The second-order valence-corrected chi connectivity index (χ2v) is 4.67. The average Bonchev–Trinajstić information content (AvgIpc) is 2.52. The van der Waals surface area contributed by atoms with Crippen LogP contribution in [0, 0.1) is 0 Å². The standard InChI is InChI=1S/C16H16F3NO3.ClH/c1-21-12-4-3-5-13(22-2)14(12)15(20)10-6-8-11(9-7-10)23-16(17,18)19;/h3-9,15H,20H2,1-2H3;1H/t15-;/m1./s1. The second-order valence-electron chi connectivity index (χ2n) is 4.67. The molecule has 0 saturated heterocycles. The van der Waals surface area contributed by atoms with E-state index >= 15 is 0 Å². The zero-order valence-corrected chi connectivity index (χ0v) is 13.8. The van der Waals surface area contributed by atoms with E-state index in [-0.39, 0.29) is 18.2 Å². The lowest BCUT2D eigenvalue weighted by atomic mass is 9.97. The molecule has 2 N–H and O–H groups in total. The predicted molar refractivity (Wildman–Crippen MR) is 85.9 cm³/mol. The first kappa shape index (κ1) is 19.9. The van der Waals surface area contributed by atoms with Crippen molar-refractivity contribution >= 4 is 12.4 Å². The van der Waals surface area contributed by atoms with Crippen molar-refractivity contribution in [3.63, 3.8) is 0 Å². The van der Waals surface area contributed by atoms with Gasteiger partial charge in [0.25, 0.3) is 0 Å². The number of hydrogen-bond donors (Lipinski definition) is 1. The molecule has 0 aliphatic heterocycles. The van der Waals surface area contributed by atoms with Crippen LogP contribution in [0.15, 0.2) is 42.5 Å². The molecule has 132 valence electrons. The molecule has 0 fully saturated rings. The summed E-state index contributed by atoms with van der Waals surface area (Å²) in [7, 11) is 3.01. The highest BCUT2D eigenvalue weighted by Crippen LogP contribution is 2.36.